The highest BCUT2D eigenvalue weighted by molar-refractivity contribution is 5.55. The van der Waals surface area contributed by atoms with Gasteiger partial charge in [0.25, 0.3) is 0 Å². The van der Waals surface area contributed by atoms with Crippen molar-refractivity contribution in [1.29, 1.82) is 0 Å². The van der Waals surface area contributed by atoms with Gasteiger partial charge in [-0.2, -0.15) is 5.10 Å². The van der Waals surface area contributed by atoms with Crippen LogP contribution in [-0.2, 0) is 13.0 Å². The monoisotopic (exact) mass is 287 g/mol. The number of anilines is 1. The molecule has 21 heavy (non-hydrogen) atoms. The molecule has 0 aromatic carbocycles. The molecule has 0 bridgehead atoms. The summed E-state index contributed by atoms with van der Waals surface area (Å²) in [6, 6.07) is 2.06. The molecule has 1 N–H and O–H groups in total. The fraction of sp³-hybridized carbons (Fsp3) is 0.562. The lowest BCUT2D eigenvalue weighted by Gasteiger charge is -2.10. The van der Waals surface area contributed by atoms with Crippen molar-refractivity contribution < 1.29 is 0 Å². The number of hydrogen-bond donors (Lipinski definition) is 1. The van der Waals surface area contributed by atoms with Crippen LogP contribution in [0.2, 0.25) is 0 Å². The van der Waals surface area contributed by atoms with Gasteiger partial charge < -0.3 is 5.32 Å². The van der Waals surface area contributed by atoms with Crippen LogP contribution < -0.4 is 5.32 Å². The molecule has 2 aromatic heterocycles. The molecular weight excluding hydrogens is 262 g/mol. The van der Waals surface area contributed by atoms with Crippen LogP contribution in [0.3, 0.4) is 0 Å². The first-order chi connectivity index (χ1) is 10.1. The van der Waals surface area contributed by atoms with E-state index < -0.39 is 0 Å². The molecule has 0 saturated carbocycles. The van der Waals surface area contributed by atoms with Gasteiger partial charge in [0.15, 0.2) is 5.82 Å². The van der Waals surface area contributed by atoms with E-state index >= 15 is 0 Å². The summed E-state index contributed by atoms with van der Waals surface area (Å²) in [6.07, 6.45) is 5.87. The van der Waals surface area contributed by atoms with Crippen molar-refractivity contribution in [3.63, 3.8) is 0 Å². The number of nitrogens with one attached hydrogen (secondary N) is 1. The Bertz CT molecular complexity index is 574. The van der Waals surface area contributed by atoms with Gasteiger partial charge in [0.1, 0.15) is 5.82 Å². The molecule has 0 amide bonds. The summed E-state index contributed by atoms with van der Waals surface area (Å²) in [5.41, 5.74) is 2.06. The maximum atomic E-state index is 4.70. The second-order valence-corrected chi connectivity index (χ2v) is 5.68. The highest BCUT2D eigenvalue weighted by Gasteiger charge is 2.10. The Morgan fingerprint density at radius 1 is 1.24 bits per heavy atom. The van der Waals surface area contributed by atoms with Crippen molar-refractivity contribution in [1.82, 2.24) is 19.7 Å². The summed E-state index contributed by atoms with van der Waals surface area (Å²) in [4.78, 5) is 9.32. The summed E-state index contributed by atoms with van der Waals surface area (Å²) >= 11 is 0. The minimum absolute atomic E-state index is 0.574. The molecule has 2 heterocycles. The van der Waals surface area contributed by atoms with Gasteiger partial charge in [-0.05, 0) is 25.7 Å². The van der Waals surface area contributed by atoms with Crippen LogP contribution in [-0.4, -0.2) is 26.3 Å². The number of rotatable bonds is 7. The van der Waals surface area contributed by atoms with E-state index in [1.165, 1.54) is 0 Å². The molecular formula is C16H25N5. The molecule has 0 atom stereocenters. The summed E-state index contributed by atoms with van der Waals surface area (Å²) in [7, 11) is 0. The van der Waals surface area contributed by atoms with Crippen molar-refractivity contribution in [2.45, 2.75) is 47.1 Å². The van der Waals surface area contributed by atoms with Gasteiger partial charge in [0.05, 0.1) is 11.8 Å². The molecule has 0 fully saturated rings. The Labute approximate surface area is 126 Å². The molecule has 2 aromatic rings. The SMILES string of the molecule is CCCNc1cc(CC(C)C)nc(-c2cnn(CC)c2)n1. The molecule has 0 radical (unpaired) electrons. The second kappa shape index (κ2) is 7.20. The van der Waals surface area contributed by atoms with Gasteiger partial charge in [-0.15, -0.1) is 0 Å². The normalized spacial score (nSPS) is 11.1. The fourth-order valence-electron chi connectivity index (χ4n) is 2.15. The predicted molar refractivity (Wildman–Crippen MR) is 86.2 cm³/mol. The number of aryl methyl sites for hydroxylation is 1. The Morgan fingerprint density at radius 2 is 2.05 bits per heavy atom. The minimum atomic E-state index is 0.574. The Hall–Kier alpha value is -1.91. The van der Waals surface area contributed by atoms with Gasteiger partial charge in [-0.1, -0.05) is 20.8 Å². The number of aromatic nitrogens is 4. The predicted octanol–water partition coefficient (Wildman–Crippen LogP) is 3.38. The van der Waals surface area contributed by atoms with Crippen molar-refractivity contribution in [2.75, 3.05) is 11.9 Å². The fourth-order valence-corrected chi connectivity index (χ4v) is 2.15. The Kier molecular flexibility index (Phi) is 5.31. The zero-order valence-electron chi connectivity index (χ0n) is 13.4. The third-order valence-corrected chi connectivity index (χ3v) is 3.17. The maximum absolute atomic E-state index is 4.70. The lowest BCUT2D eigenvalue weighted by molar-refractivity contribution is 0.634. The number of nitrogens with zero attached hydrogens (tertiary/aromatic N) is 4. The molecule has 5 nitrogen and oxygen atoms in total. The second-order valence-electron chi connectivity index (χ2n) is 5.68. The summed E-state index contributed by atoms with van der Waals surface area (Å²) in [6.45, 7) is 10.4. The standard InChI is InChI=1S/C16H25N5/c1-5-7-17-15-9-14(8-12(3)4)19-16(20-15)13-10-18-21(6-2)11-13/h9-12H,5-8H2,1-4H3,(H,17,19,20). The summed E-state index contributed by atoms with van der Waals surface area (Å²) in [5, 5.41) is 7.67. The molecule has 0 spiro atoms. The maximum Gasteiger partial charge on any atom is 0.164 e. The highest BCUT2D eigenvalue weighted by Crippen LogP contribution is 2.19. The van der Waals surface area contributed by atoms with E-state index in [0.29, 0.717) is 5.92 Å². The average Bonchev–Trinajstić information content (AvgIpc) is 2.93. The summed E-state index contributed by atoms with van der Waals surface area (Å²) < 4.78 is 1.90. The number of hydrogen-bond acceptors (Lipinski definition) is 4. The van der Waals surface area contributed by atoms with Crippen LogP contribution in [0.1, 0.15) is 39.8 Å². The quantitative estimate of drug-likeness (QED) is 0.848. The average molecular weight is 287 g/mol. The molecule has 114 valence electrons. The van der Waals surface area contributed by atoms with E-state index in [0.717, 1.165) is 48.8 Å². The van der Waals surface area contributed by atoms with E-state index in [1.807, 2.05) is 17.1 Å². The highest BCUT2D eigenvalue weighted by atomic mass is 15.3. The van der Waals surface area contributed by atoms with Crippen LogP contribution in [0.15, 0.2) is 18.5 Å². The first-order valence-corrected chi connectivity index (χ1v) is 7.77. The van der Waals surface area contributed by atoms with Gasteiger partial charge in [-0.3, -0.25) is 4.68 Å². The van der Waals surface area contributed by atoms with E-state index in [4.69, 9.17) is 4.98 Å². The third kappa shape index (κ3) is 4.28. The van der Waals surface area contributed by atoms with Gasteiger partial charge in [-0.25, -0.2) is 9.97 Å². The van der Waals surface area contributed by atoms with Crippen LogP contribution in [0.5, 0.6) is 0 Å². The molecule has 0 aliphatic heterocycles. The van der Waals surface area contributed by atoms with Crippen LogP contribution in [0, 0.1) is 5.92 Å². The third-order valence-electron chi connectivity index (χ3n) is 3.17. The topological polar surface area (TPSA) is 55.6 Å². The first kappa shape index (κ1) is 15.5. The van der Waals surface area contributed by atoms with Crippen molar-refractivity contribution in [3.8, 4) is 11.4 Å². The van der Waals surface area contributed by atoms with Crippen molar-refractivity contribution in [3.05, 3.63) is 24.2 Å². The molecule has 0 unspecified atom stereocenters. The summed E-state index contributed by atoms with van der Waals surface area (Å²) in [5.74, 6) is 2.23. The van der Waals surface area contributed by atoms with Crippen LogP contribution in [0.4, 0.5) is 5.82 Å². The largest absolute Gasteiger partial charge is 0.370 e. The Balaban J connectivity index is 2.33. The van der Waals surface area contributed by atoms with Gasteiger partial charge >= 0.3 is 0 Å². The molecule has 0 aliphatic carbocycles. The molecule has 0 aliphatic rings. The lowest BCUT2D eigenvalue weighted by Crippen LogP contribution is -2.07. The minimum Gasteiger partial charge on any atom is -0.370 e. The van der Waals surface area contributed by atoms with Crippen LogP contribution in [0.25, 0.3) is 11.4 Å². The van der Waals surface area contributed by atoms with E-state index in [-0.39, 0.29) is 0 Å². The lowest BCUT2D eigenvalue weighted by atomic mass is 10.1. The zero-order valence-corrected chi connectivity index (χ0v) is 13.4. The first-order valence-electron chi connectivity index (χ1n) is 7.77. The van der Waals surface area contributed by atoms with E-state index in [9.17, 15) is 0 Å². The van der Waals surface area contributed by atoms with Gasteiger partial charge in [0.2, 0.25) is 0 Å². The smallest absolute Gasteiger partial charge is 0.164 e. The van der Waals surface area contributed by atoms with Crippen LogP contribution >= 0.6 is 0 Å². The zero-order chi connectivity index (χ0) is 15.2. The van der Waals surface area contributed by atoms with Crippen molar-refractivity contribution in [2.24, 2.45) is 5.92 Å². The molecule has 0 saturated heterocycles. The van der Waals surface area contributed by atoms with Gasteiger partial charge in [0, 0.05) is 31.0 Å². The molecule has 5 heteroatoms. The Morgan fingerprint density at radius 3 is 2.67 bits per heavy atom. The van der Waals surface area contributed by atoms with E-state index in [1.54, 1.807) is 0 Å². The van der Waals surface area contributed by atoms with E-state index in [2.05, 4.69) is 49.2 Å². The molecule has 2 rings (SSSR count). The van der Waals surface area contributed by atoms with Crippen molar-refractivity contribution >= 4 is 5.82 Å².